The van der Waals surface area contributed by atoms with Gasteiger partial charge in [-0.15, -0.1) is 0 Å². The fourth-order valence-corrected chi connectivity index (χ4v) is 2.85. The number of hydrogen-bond donors (Lipinski definition) is 0. The normalized spacial score (nSPS) is 10.8. The first kappa shape index (κ1) is 11.5. The molecule has 0 N–H and O–H groups in total. The Morgan fingerprint density at radius 3 is 2.25 bits per heavy atom. The van der Waals surface area contributed by atoms with Crippen LogP contribution in [0.5, 0.6) is 0 Å². The van der Waals surface area contributed by atoms with E-state index in [-0.39, 0.29) is 0 Å². The van der Waals surface area contributed by atoms with E-state index in [1.165, 1.54) is 10.0 Å². The molecular weight excluding hydrogens is 283 g/mol. The third-order valence-electron chi connectivity index (χ3n) is 2.08. The molecule has 0 amide bonds. The van der Waals surface area contributed by atoms with Crippen LogP contribution in [-0.2, 0) is 0 Å². The molecule has 80 valence electrons. The summed E-state index contributed by atoms with van der Waals surface area (Å²) in [5, 5.41) is 0.783. The van der Waals surface area contributed by atoms with Crippen LogP contribution in [0.25, 0.3) is 6.08 Å². The molecule has 0 heterocycles. The van der Waals surface area contributed by atoms with Crippen molar-refractivity contribution in [1.82, 2.24) is 0 Å². The van der Waals surface area contributed by atoms with Gasteiger partial charge < -0.3 is 0 Å². The van der Waals surface area contributed by atoms with Crippen molar-refractivity contribution < 1.29 is 0 Å². The van der Waals surface area contributed by atoms with Gasteiger partial charge in [0, 0.05) is 0 Å². The molecule has 0 radical (unpaired) electrons. The van der Waals surface area contributed by atoms with E-state index in [4.69, 9.17) is 11.6 Å². The zero-order valence-corrected chi connectivity index (χ0v) is 11.1. The van der Waals surface area contributed by atoms with Crippen LogP contribution in [0.3, 0.4) is 0 Å². The molecule has 2 rings (SSSR count). The summed E-state index contributed by atoms with van der Waals surface area (Å²) in [5.74, 6) is 0. The van der Waals surface area contributed by atoms with E-state index in [9.17, 15) is 0 Å². The average molecular weight is 294 g/mol. The van der Waals surface area contributed by atoms with Gasteiger partial charge >= 0.3 is 107 Å². The number of halogens is 1. The SMILES string of the molecule is Clc1ccc(/C=C/[Se]c2ccccc2)cc1. The van der Waals surface area contributed by atoms with E-state index in [1.54, 1.807) is 0 Å². The van der Waals surface area contributed by atoms with Crippen molar-refractivity contribution in [3.05, 3.63) is 70.2 Å². The van der Waals surface area contributed by atoms with Crippen molar-refractivity contribution in [2.75, 3.05) is 0 Å². The maximum absolute atomic E-state index is 5.82. The van der Waals surface area contributed by atoms with E-state index in [1.807, 2.05) is 30.3 Å². The minimum atomic E-state index is 0.404. The molecule has 2 aromatic rings. The second-order valence-corrected chi connectivity index (χ2v) is 5.78. The fourth-order valence-electron chi connectivity index (χ4n) is 1.26. The zero-order valence-electron chi connectivity index (χ0n) is 8.64. The van der Waals surface area contributed by atoms with E-state index >= 15 is 0 Å². The molecule has 0 atom stereocenters. The standard InChI is InChI=1S/C14H11ClSe/c15-13-8-6-12(7-9-13)10-11-16-14-4-2-1-3-5-14/h1-11H/b11-10+. The van der Waals surface area contributed by atoms with Crippen LogP contribution in [0, 0.1) is 0 Å². The summed E-state index contributed by atoms with van der Waals surface area (Å²) in [7, 11) is 0. The van der Waals surface area contributed by atoms with Crippen LogP contribution in [-0.4, -0.2) is 15.0 Å². The van der Waals surface area contributed by atoms with Crippen molar-refractivity contribution in [2.24, 2.45) is 0 Å². The van der Waals surface area contributed by atoms with Crippen molar-refractivity contribution >= 4 is 37.1 Å². The molecule has 0 aliphatic rings. The zero-order chi connectivity index (χ0) is 11.2. The second-order valence-electron chi connectivity index (χ2n) is 3.29. The first-order valence-electron chi connectivity index (χ1n) is 4.98. The Morgan fingerprint density at radius 2 is 1.56 bits per heavy atom. The number of rotatable bonds is 3. The van der Waals surface area contributed by atoms with Crippen molar-refractivity contribution in [1.29, 1.82) is 0 Å². The molecule has 16 heavy (non-hydrogen) atoms. The van der Waals surface area contributed by atoms with Gasteiger partial charge in [-0.05, 0) is 0 Å². The Hall–Kier alpha value is -1.01. The summed E-state index contributed by atoms with van der Waals surface area (Å²) in [5.41, 5.74) is 1.20. The molecule has 0 bridgehead atoms. The van der Waals surface area contributed by atoms with Gasteiger partial charge in [-0.3, -0.25) is 0 Å². The maximum atomic E-state index is 5.82. The van der Waals surface area contributed by atoms with Crippen LogP contribution in [0.2, 0.25) is 5.02 Å². The quantitative estimate of drug-likeness (QED) is 0.762. The van der Waals surface area contributed by atoms with Gasteiger partial charge in [0.05, 0.1) is 0 Å². The van der Waals surface area contributed by atoms with E-state index in [2.05, 4.69) is 35.3 Å². The van der Waals surface area contributed by atoms with Crippen LogP contribution < -0.4 is 4.46 Å². The molecule has 0 saturated heterocycles. The van der Waals surface area contributed by atoms with Crippen molar-refractivity contribution in [3.63, 3.8) is 0 Å². The Labute approximate surface area is 107 Å². The summed E-state index contributed by atoms with van der Waals surface area (Å²) in [6.07, 6.45) is 2.14. The molecule has 0 fully saturated rings. The summed E-state index contributed by atoms with van der Waals surface area (Å²) in [4.78, 5) is 2.23. The molecule has 2 heteroatoms. The van der Waals surface area contributed by atoms with Gasteiger partial charge in [-0.1, -0.05) is 0 Å². The first-order valence-corrected chi connectivity index (χ1v) is 7.21. The number of benzene rings is 2. The second kappa shape index (κ2) is 5.91. The molecule has 0 spiro atoms. The van der Waals surface area contributed by atoms with Crippen molar-refractivity contribution in [3.8, 4) is 0 Å². The topological polar surface area (TPSA) is 0 Å². The van der Waals surface area contributed by atoms with Gasteiger partial charge in [0.2, 0.25) is 0 Å². The molecule has 0 aliphatic heterocycles. The number of hydrogen-bond acceptors (Lipinski definition) is 0. The summed E-state index contributed by atoms with van der Waals surface area (Å²) in [6.45, 7) is 0. The monoisotopic (exact) mass is 294 g/mol. The van der Waals surface area contributed by atoms with Gasteiger partial charge in [-0.2, -0.15) is 0 Å². The molecular formula is C14H11ClSe. The van der Waals surface area contributed by atoms with Crippen molar-refractivity contribution in [2.45, 2.75) is 0 Å². The Kier molecular flexibility index (Phi) is 4.24. The Balaban J connectivity index is 1.98. The van der Waals surface area contributed by atoms with Crippen LogP contribution in [0.15, 0.2) is 59.6 Å². The Bertz CT molecular complexity index is 460. The van der Waals surface area contributed by atoms with Gasteiger partial charge in [0.15, 0.2) is 0 Å². The van der Waals surface area contributed by atoms with Crippen LogP contribution >= 0.6 is 11.6 Å². The summed E-state index contributed by atoms with van der Waals surface area (Å²) >= 11 is 6.23. The van der Waals surface area contributed by atoms with E-state index < -0.39 is 0 Å². The fraction of sp³-hybridized carbons (Fsp3) is 0. The van der Waals surface area contributed by atoms with Gasteiger partial charge in [0.1, 0.15) is 0 Å². The molecule has 0 saturated carbocycles. The molecule has 0 aromatic heterocycles. The molecule has 0 aliphatic carbocycles. The van der Waals surface area contributed by atoms with Crippen LogP contribution in [0.1, 0.15) is 5.56 Å². The van der Waals surface area contributed by atoms with Gasteiger partial charge in [0.25, 0.3) is 0 Å². The predicted octanol–water partition coefficient (Wildman–Crippen LogP) is 3.34. The van der Waals surface area contributed by atoms with E-state index in [0.29, 0.717) is 15.0 Å². The average Bonchev–Trinajstić information content (AvgIpc) is 2.33. The van der Waals surface area contributed by atoms with Crippen LogP contribution in [0.4, 0.5) is 0 Å². The minimum absolute atomic E-state index is 0.404. The molecule has 0 unspecified atom stereocenters. The third-order valence-corrected chi connectivity index (χ3v) is 4.04. The molecule has 2 aromatic carbocycles. The summed E-state index contributed by atoms with van der Waals surface area (Å²) < 4.78 is 1.39. The first-order chi connectivity index (χ1) is 7.84. The predicted molar refractivity (Wildman–Crippen MR) is 72.3 cm³/mol. The third kappa shape index (κ3) is 3.53. The molecule has 0 nitrogen and oxygen atoms in total. The van der Waals surface area contributed by atoms with E-state index in [0.717, 1.165) is 5.02 Å². The van der Waals surface area contributed by atoms with Gasteiger partial charge in [-0.25, -0.2) is 0 Å². The Morgan fingerprint density at radius 1 is 0.875 bits per heavy atom. The summed E-state index contributed by atoms with van der Waals surface area (Å²) in [6, 6.07) is 18.4.